The topological polar surface area (TPSA) is 55.1 Å². The molecule has 1 amide bonds. The molecule has 0 aromatic heterocycles. The Morgan fingerprint density at radius 1 is 1.30 bits per heavy atom. The highest BCUT2D eigenvalue weighted by atomic mass is 35.5. The Bertz CT molecular complexity index is 434. The van der Waals surface area contributed by atoms with Crippen LogP contribution in [0, 0.1) is 11.8 Å². The number of benzene rings is 1. The number of hydrogen-bond donors (Lipinski definition) is 2. The number of halogens is 1. The number of nitrogens with two attached hydrogens (primary N) is 1. The fourth-order valence-electron chi connectivity index (χ4n) is 2.40. The van der Waals surface area contributed by atoms with Crippen LogP contribution in [0.15, 0.2) is 24.3 Å². The van der Waals surface area contributed by atoms with E-state index in [0.29, 0.717) is 23.9 Å². The zero-order valence-electron chi connectivity index (χ0n) is 12.5. The van der Waals surface area contributed by atoms with Crippen LogP contribution in [0.4, 0.5) is 0 Å². The first-order valence-corrected chi connectivity index (χ1v) is 7.55. The van der Waals surface area contributed by atoms with Crippen molar-refractivity contribution in [2.45, 2.75) is 39.7 Å². The van der Waals surface area contributed by atoms with Gasteiger partial charge in [-0.25, -0.2) is 0 Å². The third-order valence-corrected chi connectivity index (χ3v) is 3.71. The summed E-state index contributed by atoms with van der Waals surface area (Å²) in [6, 6.07) is 7.48. The summed E-state index contributed by atoms with van der Waals surface area (Å²) in [6.45, 7) is 6.78. The van der Waals surface area contributed by atoms with Crippen LogP contribution in [0.3, 0.4) is 0 Å². The van der Waals surface area contributed by atoms with Crippen LogP contribution in [-0.2, 0) is 4.79 Å². The van der Waals surface area contributed by atoms with E-state index >= 15 is 0 Å². The Kier molecular flexibility index (Phi) is 7.03. The number of carbonyl (C=O) groups excluding carboxylic acids is 1. The van der Waals surface area contributed by atoms with E-state index in [9.17, 15) is 4.79 Å². The van der Waals surface area contributed by atoms with E-state index in [0.717, 1.165) is 12.0 Å². The molecule has 0 fully saturated rings. The SMILES string of the molecule is CC(C)C[C@H](CN)CC(=O)N[C@@H](C)c1ccccc1Cl. The average Bonchev–Trinajstić information content (AvgIpc) is 2.37. The lowest BCUT2D eigenvalue weighted by Crippen LogP contribution is -2.30. The maximum absolute atomic E-state index is 12.1. The van der Waals surface area contributed by atoms with E-state index in [1.807, 2.05) is 31.2 Å². The second kappa shape index (κ2) is 8.28. The van der Waals surface area contributed by atoms with E-state index < -0.39 is 0 Å². The molecule has 0 radical (unpaired) electrons. The minimum absolute atomic E-state index is 0.0357. The summed E-state index contributed by atoms with van der Waals surface area (Å²) in [5, 5.41) is 3.67. The third-order valence-electron chi connectivity index (χ3n) is 3.36. The minimum atomic E-state index is -0.0892. The van der Waals surface area contributed by atoms with Crippen LogP contribution in [-0.4, -0.2) is 12.5 Å². The summed E-state index contributed by atoms with van der Waals surface area (Å²) in [7, 11) is 0. The number of rotatable bonds is 7. The lowest BCUT2D eigenvalue weighted by atomic mass is 9.94. The van der Waals surface area contributed by atoms with Crippen LogP contribution >= 0.6 is 11.6 Å². The van der Waals surface area contributed by atoms with Crippen LogP contribution in [0.5, 0.6) is 0 Å². The number of carbonyl (C=O) groups is 1. The molecule has 0 saturated carbocycles. The summed E-state index contributed by atoms with van der Waals surface area (Å²) in [5.74, 6) is 0.833. The Morgan fingerprint density at radius 2 is 1.95 bits per heavy atom. The Morgan fingerprint density at radius 3 is 2.50 bits per heavy atom. The first-order chi connectivity index (χ1) is 9.43. The molecule has 0 heterocycles. The van der Waals surface area contributed by atoms with E-state index in [1.165, 1.54) is 0 Å². The van der Waals surface area contributed by atoms with Crippen LogP contribution < -0.4 is 11.1 Å². The molecule has 112 valence electrons. The van der Waals surface area contributed by atoms with Gasteiger partial charge in [-0.15, -0.1) is 0 Å². The van der Waals surface area contributed by atoms with Crippen molar-refractivity contribution in [2.24, 2.45) is 17.6 Å². The summed E-state index contributed by atoms with van der Waals surface area (Å²) in [5.41, 5.74) is 6.67. The van der Waals surface area contributed by atoms with E-state index in [1.54, 1.807) is 0 Å². The Hall–Kier alpha value is -1.06. The van der Waals surface area contributed by atoms with Gasteiger partial charge in [-0.3, -0.25) is 4.79 Å². The van der Waals surface area contributed by atoms with Crippen molar-refractivity contribution < 1.29 is 4.79 Å². The van der Waals surface area contributed by atoms with Gasteiger partial charge in [-0.1, -0.05) is 43.6 Å². The molecule has 20 heavy (non-hydrogen) atoms. The molecule has 0 aliphatic carbocycles. The van der Waals surface area contributed by atoms with Crippen LogP contribution in [0.25, 0.3) is 0 Å². The van der Waals surface area contributed by atoms with Crippen molar-refractivity contribution in [3.05, 3.63) is 34.9 Å². The predicted octanol–water partition coefficient (Wildman–Crippen LogP) is 3.53. The van der Waals surface area contributed by atoms with Crippen LogP contribution in [0.2, 0.25) is 5.02 Å². The second-order valence-corrected chi connectivity index (χ2v) is 6.15. The van der Waals surface area contributed by atoms with E-state index in [2.05, 4.69) is 19.2 Å². The molecule has 0 unspecified atom stereocenters. The molecule has 3 nitrogen and oxygen atoms in total. The fraction of sp³-hybridized carbons (Fsp3) is 0.562. The molecule has 0 spiro atoms. The smallest absolute Gasteiger partial charge is 0.220 e. The maximum atomic E-state index is 12.1. The van der Waals surface area contributed by atoms with Gasteiger partial charge in [0.25, 0.3) is 0 Å². The van der Waals surface area contributed by atoms with Gasteiger partial charge in [0.2, 0.25) is 5.91 Å². The summed E-state index contributed by atoms with van der Waals surface area (Å²) >= 11 is 6.13. The van der Waals surface area contributed by atoms with Gasteiger partial charge in [0.05, 0.1) is 6.04 Å². The molecular formula is C16H25ClN2O. The first-order valence-electron chi connectivity index (χ1n) is 7.17. The monoisotopic (exact) mass is 296 g/mol. The Balaban J connectivity index is 2.55. The number of nitrogens with one attached hydrogen (secondary N) is 1. The quantitative estimate of drug-likeness (QED) is 0.809. The average molecular weight is 297 g/mol. The predicted molar refractivity (Wildman–Crippen MR) is 84.6 cm³/mol. The molecule has 1 rings (SSSR count). The van der Waals surface area contributed by atoms with Crippen molar-refractivity contribution in [3.8, 4) is 0 Å². The lowest BCUT2D eigenvalue weighted by molar-refractivity contribution is -0.122. The molecule has 0 aliphatic heterocycles. The molecule has 4 heteroatoms. The van der Waals surface area contributed by atoms with E-state index in [4.69, 9.17) is 17.3 Å². The van der Waals surface area contributed by atoms with Gasteiger partial charge in [-0.2, -0.15) is 0 Å². The van der Waals surface area contributed by atoms with Crippen molar-refractivity contribution >= 4 is 17.5 Å². The largest absolute Gasteiger partial charge is 0.350 e. The fourth-order valence-corrected chi connectivity index (χ4v) is 2.70. The first kappa shape index (κ1) is 17.0. The zero-order valence-corrected chi connectivity index (χ0v) is 13.3. The molecular weight excluding hydrogens is 272 g/mol. The normalized spacial score (nSPS) is 14.1. The summed E-state index contributed by atoms with van der Waals surface area (Å²) < 4.78 is 0. The summed E-state index contributed by atoms with van der Waals surface area (Å²) in [6.07, 6.45) is 1.45. The highest BCUT2D eigenvalue weighted by Crippen LogP contribution is 2.22. The highest BCUT2D eigenvalue weighted by molar-refractivity contribution is 6.31. The van der Waals surface area contributed by atoms with E-state index in [-0.39, 0.29) is 17.9 Å². The molecule has 0 saturated heterocycles. The second-order valence-electron chi connectivity index (χ2n) is 5.75. The van der Waals surface area contributed by atoms with Crippen molar-refractivity contribution in [1.29, 1.82) is 0 Å². The van der Waals surface area contributed by atoms with Gasteiger partial charge in [0, 0.05) is 11.4 Å². The number of amides is 1. The zero-order chi connectivity index (χ0) is 15.1. The lowest BCUT2D eigenvalue weighted by Gasteiger charge is -2.20. The van der Waals surface area contributed by atoms with Crippen molar-refractivity contribution in [1.82, 2.24) is 5.32 Å². The molecule has 0 bridgehead atoms. The summed E-state index contributed by atoms with van der Waals surface area (Å²) in [4.78, 5) is 12.1. The van der Waals surface area contributed by atoms with Gasteiger partial charge >= 0.3 is 0 Å². The molecule has 0 aliphatic rings. The highest BCUT2D eigenvalue weighted by Gasteiger charge is 2.17. The van der Waals surface area contributed by atoms with Gasteiger partial charge in [0.1, 0.15) is 0 Å². The van der Waals surface area contributed by atoms with Crippen LogP contribution in [0.1, 0.15) is 45.2 Å². The van der Waals surface area contributed by atoms with Gasteiger partial charge < -0.3 is 11.1 Å². The molecule has 1 aromatic carbocycles. The molecule has 2 atom stereocenters. The van der Waals surface area contributed by atoms with Gasteiger partial charge in [-0.05, 0) is 43.4 Å². The van der Waals surface area contributed by atoms with Crippen molar-refractivity contribution in [2.75, 3.05) is 6.54 Å². The number of hydrogen-bond acceptors (Lipinski definition) is 2. The van der Waals surface area contributed by atoms with Crippen molar-refractivity contribution in [3.63, 3.8) is 0 Å². The Labute approximate surface area is 126 Å². The molecule has 1 aromatic rings. The van der Waals surface area contributed by atoms with Gasteiger partial charge in [0.15, 0.2) is 0 Å². The molecule has 3 N–H and O–H groups in total. The maximum Gasteiger partial charge on any atom is 0.220 e. The minimum Gasteiger partial charge on any atom is -0.350 e. The third kappa shape index (κ3) is 5.51. The standard InChI is InChI=1S/C16H25ClN2O/c1-11(2)8-13(10-18)9-16(20)19-12(3)14-6-4-5-7-15(14)17/h4-7,11-13H,8-10,18H2,1-3H3,(H,19,20)/t12-,13-/m0/s1.